The first-order valence-electron chi connectivity index (χ1n) is 6.81. The zero-order valence-corrected chi connectivity index (χ0v) is 11.2. The summed E-state index contributed by atoms with van der Waals surface area (Å²) in [7, 11) is 0. The summed E-state index contributed by atoms with van der Waals surface area (Å²) in [5.41, 5.74) is 2.52. The number of hydrogen-bond donors (Lipinski definition) is 1. The molecule has 0 saturated heterocycles. The van der Waals surface area contributed by atoms with Crippen LogP contribution in [-0.2, 0) is 0 Å². The number of aliphatic hydroxyl groups is 1. The second-order valence-electron chi connectivity index (χ2n) is 6.09. The summed E-state index contributed by atoms with van der Waals surface area (Å²) in [6.45, 7) is 6.62. The van der Waals surface area contributed by atoms with Gasteiger partial charge in [0.25, 0.3) is 0 Å². The van der Waals surface area contributed by atoms with Crippen molar-refractivity contribution in [1.82, 2.24) is 0 Å². The van der Waals surface area contributed by atoms with Crippen molar-refractivity contribution in [1.29, 1.82) is 0 Å². The maximum Gasteiger partial charge on any atom is 0.0843 e. The molecule has 1 aliphatic rings. The van der Waals surface area contributed by atoms with Gasteiger partial charge < -0.3 is 5.11 Å². The van der Waals surface area contributed by atoms with E-state index in [2.05, 4.69) is 45.0 Å². The fourth-order valence-electron chi connectivity index (χ4n) is 2.92. The van der Waals surface area contributed by atoms with Crippen LogP contribution in [0.4, 0.5) is 0 Å². The highest BCUT2D eigenvalue weighted by molar-refractivity contribution is 5.27. The lowest BCUT2D eigenvalue weighted by atomic mass is 9.79. The van der Waals surface area contributed by atoms with Crippen LogP contribution in [0, 0.1) is 5.41 Å². The van der Waals surface area contributed by atoms with Crippen LogP contribution in [0.1, 0.15) is 69.6 Å². The van der Waals surface area contributed by atoms with Gasteiger partial charge in [-0.25, -0.2) is 0 Å². The zero-order chi connectivity index (χ0) is 12.5. The molecule has 1 nitrogen and oxygen atoms in total. The monoisotopic (exact) mass is 232 g/mol. The molecular weight excluding hydrogens is 208 g/mol. The van der Waals surface area contributed by atoms with Gasteiger partial charge in [0.2, 0.25) is 0 Å². The minimum absolute atomic E-state index is 0.0966. The molecule has 0 radical (unpaired) electrons. The molecule has 1 aromatic rings. The predicted molar refractivity (Wildman–Crippen MR) is 72.1 cm³/mol. The Hall–Kier alpha value is -0.820. The van der Waals surface area contributed by atoms with Crippen molar-refractivity contribution in [2.45, 2.75) is 58.5 Å². The Labute approximate surface area is 105 Å². The van der Waals surface area contributed by atoms with E-state index >= 15 is 0 Å². The maximum absolute atomic E-state index is 10.5. The van der Waals surface area contributed by atoms with Gasteiger partial charge in [-0.1, -0.05) is 57.9 Å². The smallest absolute Gasteiger partial charge is 0.0843 e. The van der Waals surface area contributed by atoms with Crippen LogP contribution in [0.2, 0.25) is 0 Å². The van der Waals surface area contributed by atoms with Gasteiger partial charge in [0, 0.05) is 0 Å². The quantitative estimate of drug-likeness (QED) is 0.817. The van der Waals surface area contributed by atoms with Gasteiger partial charge in [-0.05, 0) is 35.3 Å². The van der Waals surface area contributed by atoms with Crippen LogP contribution in [0.5, 0.6) is 0 Å². The van der Waals surface area contributed by atoms with Crippen molar-refractivity contribution < 1.29 is 5.11 Å². The largest absolute Gasteiger partial charge is 0.388 e. The summed E-state index contributed by atoms with van der Waals surface area (Å²) in [4.78, 5) is 0. The lowest BCUT2D eigenvalue weighted by Gasteiger charge is -2.30. The van der Waals surface area contributed by atoms with Crippen LogP contribution in [0.25, 0.3) is 0 Å². The molecule has 1 heteroatoms. The standard InChI is InChI=1S/C16H24O/c1-12(2)13-6-8-14(9-7-13)15(17)16(3)10-4-5-11-16/h6-9,12,15,17H,4-5,10-11H2,1-3H3. The second-order valence-corrected chi connectivity index (χ2v) is 6.09. The first kappa shape index (κ1) is 12.6. The fourth-order valence-corrected chi connectivity index (χ4v) is 2.92. The Balaban J connectivity index is 2.16. The number of rotatable bonds is 3. The van der Waals surface area contributed by atoms with Gasteiger partial charge in [0.05, 0.1) is 6.10 Å². The summed E-state index contributed by atoms with van der Waals surface area (Å²) in [6.07, 6.45) is 4.53. The van der Waals surface area contributed by atoms with E-state index in [1.807, 2.05) is 0 Å². The fraction of sp³-hybridized carbons (Fsp3) is 0.625. The summed E-state index contributed by atoms with van der Waals surface area (Å²) in [5, 5.41) is 10.5. The Kier molecular flexibility index (Phi) is 3.58. The minimum Gasteiger partial charge on any atom is -0.388 e. The zero-order valence-electron chi connectivity index (χ0n) is 11.2. The predicted octanol–water partition coefficient (Wildman–Crippen LogP) is 4.42. The van der Waals surface area contributed by atoms with Crippen molar-refractivity contribution >= 4 is 0 Å². The maximum atomic E-state index is 10.5. The van der Waals surface area contributed by atoms with E-state index in [9.17, 15) is 5.11 Å². The van der Waals surface area contributed by atoms with Crippen LogP contribution in [-0.4, -0.2) is 5.11 Å². The van der Waals surface area contributed by atoms with Crippen LogP contribution < -0.4 is 0 Å². The Morgan fingerprint density at radius 1 is 1.00 bits per heavy atom. The molecule has 17 heavy (non-hydrogen) atoms. The van der Waals surface area contributed by atoms with E-state index in [-0.39, 0.29) is 11.5 Å². The average Bonchev–Trinajstić information content (AvgIpc) is 2.76. The SMILES string of the molecule is CC(C)c1ccc(C(O)C2(C)CCCC2)cc1. The molecule has 0 aliphatic heterocycles. The van der Waals surface area contributed by atoms with Crippen molar-refractivity contribution in [3.63, 3.8) is 0 Å². The van der Waals surface area contributed by atoms with E-state index < -0.39 is 0 Å². The van der Waals surface area contributed by atoms with E-state index in [0.29, 0.717) is 5.92 Å². The van der Waals surface area contributed by atoms with E-state index in [4.69, 9.17) is 0 Å². The highest BCUT2D eigenvalue weighted by Gasteiger charge is 2.36. The average molecular weight is 232 g/mol. The number of benzene rings is 1. The third kappa shape index (κ3) is 2.55. The first-order chi connectivity index (χ1) is 8.03. The molecule has 2 rings (SSSR count). The van der Waals surface area contributed by atoms with Crippen LogP contribution in [0.3, 0.4) is 0 Å². The van der Waals surface area contributed by atoms with Gasteiger partial charge in [-0.2, -0.15) is 0 Å². The Bertz CT molecular complexity index is 358. The molecule has 1 atom stereocenters. The highest BCUT2D eigenvalue weighted by atomic mass is 16.3. The Morgan fingerprint density at radius 3 is 1.94 bits per heavy atom. The van der Waals surface area contributed by atoms with Crippen molar-refractivity contribution in [2.75, 3.05) is 0 Å². The third-order valence-electron chi connectivity index (χ3n) is 4.32. The van der Waals surface area contributed by atoms with E-state index in [1.165, 1.54) is 18.4 Å². The lowest BCUT2D eigenvalue weighted by Crippen LogP contribution is -2.21. The molecule has 0 spiro atoms. The van der Waals surface area contributed by atoms with Gasteiger partial charge in [0.15, 0.2) is 0 Å². The summed E-state index contributed by atoms with van der Waals surface area (Å²) >= 11 is 0. The minimum atomic E-state index is -0.300. The van der Waals surface area contributed by atoms with Gasteiger partial charge >= 0.3 is 0 Å². The first-order valence-corrected chi connectivity index (χ1v) is 6.81. The molecule has 0 amide bonds. The number of hydrogen-bond acceptors (Lipinski definition) is 1. The molecule has 1 fully saturated rings. The molecule has 94 valence electrons. The normalized spacial score (nSPS) is 20.8. The topological polar surface area (TPSA) is 20.2 Å². The molecule has 1 saturated carbocycles. The lowest BCUT2D eigenvalue weighted by molar-refractivity contribution is 0.0408. The molecule has 1 N–H and O–H groups in total. The van der Waals surface area contributed by atoms with Crippen molar-refractivity contribution in [2.24, 2.45) is 5.41 Å². The van der Waals surface area contributed by atoms with Gasteiger partial charge in [0.1, 0.15) is 0 Å². The third-order valence-corrected chi connectivity index (χ3v) is 4.32. The van der Waals surface area contributed by atoms with Crippen LogP contribution >= 0.6 is 0 Å². The molecule has 1 unspecified atom stereocenters. The summed E-state index contributed by atoms with van der Waals surface area (Å²) in [5.74, 6) is 0.559. The summed E-state index contributed by atoms with van der Waals surface area (Å²) in [6, 6.07) is 8.51. The van der Waals surface area contributed by atoms with E-state index in [0.717, 1.165) is 18.4 Å². The van der Waals surface area contributed by atoms with Crippen molar-refractivity contribution in [3.05, 3.63) is 35.4 Å². The van der Waals surface area contributed by atoms with Gasteiger partial charge in [-0.15, -0.1) is 0 Å². The molecule has 0 aromatic heterocycles. The highest BCUT2D eigenvalue weighted by Crippen LogP contribution is 2.47. The van der Waals surface area contributed by atoms with Crippen molar-refractivity contribution in [3.8, 4) is 0 Å². The van der Waals surface area contributed by atoms with E-state index in [1.54, 1.807) is 0 Å². The summed E-state index contributed by atoms with van der Waals surface area (Å²) < 4.78 is 0. The molecule has 1 aliphatic carbocycles. The molecule has 0 heterocycles. The number of aliphatic hydroxyl groups excluding tert-OH is 1. The molecule has 0 bridgehead atoms. The molecule has 1 aromatic carbocycles. The van der Waals surface area contributed by atoms with Crippen LogP contribution in [0.15, 0.2) is 24.3 Å². The van der Waals surface area contributed by atoms with Gasteiger partial charge in [-0.3, -0.25) is 0 Å². The Morgan fingerprint density at radius 2 is 1.47 bits per heavy atom. The molecular formula is C16H24O. The second kappa shape index (κ2) is 4.81.